The van der Waals surface area contributed by atoms with Crippen molar-refractivity contribution >= 4 is 50.9 Å². The Morgan fingerprint density at radius 1 is 1.06 bits per heavy atom. The van der Waals surface area contributed by atoms with Crippen LogP contribution >= 0.6 is 23.1 Å². The zero-order valence-electron chi connectivity index (χ0n) is 17.4. The lowest BCUT2D eigenvalue weighted by molar-refractivity contribution is -0.113. The molecule has 0 radical (unpaired) electrons. The molecule has 0 saturated heterocycles. The number of rotatable bonds is 8. The summed E-state index contributed by atoms with van der Waals surface area (Å²) in [6, 6.07) is 18.9. The van der Waals surface area contributed by atoms with Crippen molar-refractivity contribution in [2.75, 3.05) is 17.7 Å². The minimum Gasteiger partial charge on any atom is -0.462 e. The molecule has 0 aliphatic carbocycles. The number of carbonyl (C=O) groups excluding carboxylic acids is 2. The Labute approximate surface area is 194 Å². The molecule has 0 spiro atoms. The number of esters is 1. The summed E-state index contributed by atoms with van der Waals surface area (Å²) in [6.07, 6.45) is 2.28. The molecule has 2 aromatic heterocycles. The van der Waals surface area contributed by atoms with Crippen LogP contribution in [0.5, 0.6) is 0 Å². The van der Waals surface area contributed by atoms with Crippen molar-refractivity contribution < 1.29 is 14.3 Å². The molecule has 0 aliphatic rings. The van der Waals surface area contributed by atoms with Gasteiger partial charge < -0.3 is 10.1 Å². The average molecular weight is 464 g/mol. The molecule has 1 N–H and O–H groups in total. The highest BCUT2D eigenvalue weighted by Crippen LogP contribution is 2.36. The van der Waals surface area contributed by atoms with E-state index in [0.717, 1.165) is 32.1 Å². The Bertz CT molecular complexity index is 1240. The van der Waals surface area contributed by atoms with Gasteiger partial charge in [0, 0.05) is 16.0 Å². The molecule has 0 atom stereocenters. The fraction of sp³-hybridized carbons (Fsp3) is 0.167. The van der Waals surface area contributed by atoms with E-state index in [1.165, 1.54) is 18.1 Å². The molecular weight excluding hydrogens is 442 g/mol. The molecule has 4 rings (SSSR count). The monoisotopic (exact) mass is 463 g/mol. The summed E-state index contributed by atoms with van der Waals surface area (Å²) in [5, 5.41) is 4.54. The summed E-state index contributed by atoms with van der Waals surface area (Å²) in [6.45, 7) is 2.31. The van der Waals surface area contributed by atoms with E-state index in [-0.39, 0.29) is 11.7 Å². The Morgan fingerprint density at radius 2 is 1.91 bits per heavy atom. The number of nitrogens with one attached hydrogen (secondary N) is 1. The van der Waals surface area contributed by atoms with Crippen LogP contribution < -0.4 is 5.32 Å². The van der Waals surface area contributed by atoms with Gasteiger partial charge in [-0.2, -0.15) is 0 Å². The topological polar surface area (TPSA) is 81.2 Å². The van der Waals surface area contributed by atoms with E-state index < -0.39 is 5.97 Å². The summed E-state index contributed by atoms with van der Waals surface area (Å²) in [4.78, 5) is 35.3. The first-order valence-electron chi connectivity index (χ1n) is 10.1. The molecule has 0 unspecified atom stereocenters. The zero-order valence-corrected chi connectivity index (χ0v) is 19.0. The predicted molar refractivity (Wildman–Crippen MR) is 129 cm³/mol. The standard InChI is InChI=1S/C24H21N3O3S2/c1-2-11-30-24(29)17-9-6-10-18(12-17)27-21(28)14-31-22-19-13-20(16-7-4-3-5-8-16)32-23(19)26-15-25-22/h3-10,12-13,15H,2,11,14H2,1H3,(H,27,28). The average Bonchev–Trinajstić information content (AvgIpc) is 3.27. The van der Waals surface area contributed by atoms with Gasteiger partial charge in [-0.05, 0) is 36.2 Å². The Morgan fingerprint density at radius 3 is 2.72 bits per heavy atom. The number of ether oxygens (including phenoxy) is 1. The van der Waals surface area contributed by atoms with Crippen molar-refractivity contribution in [3.05, 3.63) is 72.6 Å². The van der Waals surface area contributed by atoms with Crippen LogP contribution in [0.25, 0.3) is 20.7 Å². The smallest absolute Gasteiger partial charge is 0.338 e. The Hall–Kier alpha value is -3.23. The quantitative estimate of drug-likeness (QED) is 0.206. The lowest BCUT2D eigenvalue weighted by atomic mass is 10.2. The second-order valence-electron chi connectivity index (χ2n) is 6.93. The number of amides is 1. The molecule has 1 amide bonds. The van der Waals surface area contributed by atoms with Crippen molar-refractivity contribution in [3.63, 3.8) is 0 Å². The van der Waals surface area contributed by atoms with E-state index in [1.807, 2.05) is 25.1 Å². The van der Waals surface area contributed by atoms with E-state index in [4.69, 9.17) is 4.74 Å². The van der Waals surface area contributed by atoms with E-state index >= 15 is 0 Å². The van der Waals surface area contributed by atoms with Crippen LogP contribution in [0, 0.1) is 0 Å². The number of hydrogen-bond donors (Lipinski definition) is 1. The van der Waals surface area contributed by atoms with Crippen molar-refractivity contribution in [2.24, 2.45) is 0 Å². The van der Waals surface area contributed by atoms with Gasteiger partial charge in [-0.25, -0.2) is 14.8 Å². The third kappa shape index (κ3) is 5.33. The van der Waals surface area contributed by atoms with Crippen LogP contribution in [-0.2, 0) is 9.53 Å². The molecule has 6 nitrogen and oxygen atoms in total. The van der Waals surface area contributed by atoms with Crippen LogP contribution in [-0.4, -0.2) is 34.2 Å². The van der Waals surface area contributed by atoms with Gasteiger partial charge in [-0.15, -0.1) is 11.3 Å². The van der Waals surface area contributed by atoms with Crippen molar-refractivity contribution in [2.45, 2.75) is 18.4 Å². The normalized spacial score (nSPS) is 10.8. The zero-order chi connectivity index (χ0) is 22.3. The number of thiophene rings is 1. The SMILES string of the molecule is CCCOC(=O)c1cccc(NC(=O)CSc2ncnc3sc(-c4ccccc4)cc23)c1. The fourth-order valence-corrected chi connectivity index (χ4v) is 4.87. The number of aromatic nitrogens is 2. The minimum absolute atomic E-state index is 0.181. The fourth-order valence-electron chi connectivity index (χ4n) is 3.03. The van der Waals surface area contributed by atoms with E-state index in [9.17, 15) is 9.59 Å². The van der Waals surface area contributed by atoms with E-state index in [2.05, 4.69) is 33.5 Å². The number of benzene rings is 2. The molecule has 0 aliphatic heterocycles. The van der Waals surface area contributed by atoms with Crippen LogP contribution in [0.1, 0.15) is 23.7 Å². The molecule has 162 valence electrons. The number of anilines is 1. The summed E-state index contributed by atoms with van der Waals surface area (Å²) in [7, 11) is 0. The van der Waals surface area contributed by atoms with Crippen molar-refractivity contribution in [1.29, 1.82) is 0 Å². The third-order valence-electron chi connectivity index (χ3n) is 4.51. The van der Waals surface area contributed by atoms with Crippen LogP contribution in [0.15, 0.2) is 72.0 Å². The first-order valence-corrected chi connectivity index (χ1v) is 11.9. The van der Waals surface area contributed by atoms with Gasteiger partial charge in [0.2, 0.25) is 5.91 Å². The molecule has 8 heteroatoms. The number of nitrogens with zero attached hydrogens (tertiary/aromatic N) is 2. The molecule has 2 aromatic carbocycles. The maximum Gasteiger partial charge on any atom is 0.338 e. The van der Waals surface area contributed by atoms with Gasteiger partial charge >= 0.3 is 5.97 Å². The molecule has 32 heavy (non-hydrogen) atoms. The van der Waals surface area contributed by atoms with Gasteiger partial charge in [0.1, 0.15) is 16.2 Å². The highest BCUT2D eigenvalue weighted by atomic mass is 32.2. The van der Waals surface area contributed by atoms with Crippen LogP contribution in [0.2, 0.25) is 0 Å². The summed E-state index contributed by atoms with van der Waals surface area (Å²) < 4.78 is 5.15. The summed E-state index contributed by atoms with van der Waals surface area (Å²) >= 11 is 2.96. The number of hydrogen-bond acceptors (Lipinski definition) is 7. The maximum atomic E-state index is 12.5. The van der Waals surface area contributed by atoms with Crippen LogP contribution in [0.3, 0.4) is 0 Å². The Kier molecular flexibility index (Phi) is 7.14. The molecule has 0 fully saturated rings. The molecule has 4 aromatic rings. The highest BCUT2D eigenvalue weighted by Gasteiger charge is 2.13. The first-order chi connectivity index (χ1) is 15.6. The van der Waals surface area contributed by atoms with Crippen LogP contribution in [0.4, 0.5) is 5.69 Å². The van der Waals surface area contributed by atoms with Crippen molar-refractivity contribution in [3.8, 4) is 10.4 Å². The highest BCUT2D eigenvalue weighted by molar-refractivity contribution is 8.00. The van der Waals surface area contributed by atoms with Crippen molar-refractivity contribution in [1.82, 2.24) is 9.97 Å². The van der Waals surface area contributed by atoms with Gasteiger partial charge in [0.15, 0.2) is 0 Å². The van der Waals surface area contributed by atoms with E-state index in [0.29, 0.717) is 17.9 Å². The summed E-state index contributed by atoms with van der Waals surface area (Å²) in [5.41, 5.74) is 2.09. The predicted octanol–water partition coefficient (Wildman–Crippen LogP) is 5.66. The molecule has 0 bridgehead atoms. The van der Waals surface area contributed by atoms with Gasteiger partial charge in [0.25, 0.3) is 0 Å². The Balaban J connectivity index is 1.42. The van der Waals surface area contributed by atoms with Gasteiger partial charge in [-0.3, -0.25) is 4.79 Å². The second-order valence-corrected chi connectivity index (χ2v) is 8.92. The first kappa shape index (κ1) is 22.0. The minimum atomic E-state index is -0.396. The molecule has 2 heterocycles. The third-order valence-corrected chi connectivity index (χ3v) is 6.61. The maximum absolute atomic E-state index is 12.5. The summed E-state index contributed by atoms with van der Waals surface area (Å²) in [5.74, 6) is -0.389. The number of carbonyl (C=O) groups is 2. The lowest BCUT2D eigenvalue weighted by Crippen LogP contribution is -2.15. The molecule has 0 saturated carbocycles. The lowest BCUT2D eigenvalue weighted by Gasteiger charge is -2.08. The van der Waals surface area contributed by atoms with Gasteiger partial charge in [-0.1, -0.05) is 55.1 Å². The largest absolute Gasteiger partial charge is 0.462 e. The van der Waals surface area contributed by atoms with Gasteiger partial charge in [0.05, 0.1) is 17.9 Å². The van der Waals surface area contributed by atoms with E-state index in [1.54, 1.807) is 35.6 Å². The second kappa shape index (κ2) is 10.4. The number of thioether (sulfide) groups is 1. The number of fused-ring (bicyclic) bond motifs is 1. The molecular formula is C24H21N3O3S2.